The van der Waals surface area contributed by atoms with E-state index in [1.807, 2.05) is 30.3 Å². The number of amides is 2. The third-order valence-corrected chi connectivity index (χ3v) is 4.94. The van der Waals surface area contributed by atoms with E-state index in [1.165, 1.54) is 0 Å². The van der Waals surface area contributed by atoms with Crippen LogP contribution in [0.4, 0.5) is 10.5 Å². The Balaban J connectivity index is 1.57. The molecule has 1 aliphatic heterocycles. The SMILES string of the molecule is C[C@@]1(CNC(=O)c2cc(Cl)cc(NC(=O)OCc3ccccc3)c2)CNCCOC1. The second-order valence-corrected chi connectivity index (χ2v) is 8.07. The van der Waals surface area contributed by atoms with E-state index in [-0.39, 0.29) is 17.9 Å². The number of benzene rings is 2. The molecule has 0 spiro atoms. The molecule has 0 radical (unpaired) electrons. The first-order valence-corrected chi connectivity index (χ1v) is 10.2. The molecule has 1 fully saturated rings. The summed E-state index contributed by atoms with van der Waals surface area (Å²) in [5.41, 5.74) is 1.42. The van der Waals surface area contributed by atoms with Crippen LogP contribution in [-0.4, -0.2) is 44.8 Å². The van der Waals surface area contributed by atoms with Crippen LogP contribution < -0.4 is 16.0 Å². The Morgan fingerprint density at radius 2 is 2.03 bits per heavy atom. The van der Waals surface area contributed by atoms with Gasteiger partial charge in [0.2, 0.25) is 0 Å². The van der Waals surface area contributed by atoms with Crippen molar-refractivity contribution in [2.75, 3.05) is 38.2 Å². The van der Waals surface area contributed by atoms with Crippen LogP contribution in [0.25, 0.3) is 0 Å². The summed E-state index contributed by atoms with van der Waals surface area (Å²) in [6.45, 7) is 5.43. The first-order chi connectivity index (χ1) is 14.4. The molecule has 1 atom stereocenters. The van der Waals surface area contributed by atoms with Gasteiger partial charge in [0.25, 0.3) is 5.91 Å². The second kappa shape index (κ2) is 10.4. The lowest BCUT2D eigenvalue weighted by molar-refractivity contribution is 0.0731. The molecule has 0 saturated carbocycles. The molecule has 30 heavy (non-hydrogen) atoms. The van der Waals surface area contributed by atoms with Crippen LogP contribution in [0, 0.1) is 5.41 Å². The van der Waals surface area contributed by atoms with E-state index in [9.17, 15) is 9.59 Å². The maximum absolute atomic E-state index is 12.6. The normalized spacial score (nSPS) is 18.9. The van der Waals surface area contributed by atoms with E-state index in [2.05, 4.69) is 22.9 Å². The Morgan fingerprint density at radius 1 is 1.23 bits per heavy atom. The summed E-state index contributed by atoms with van der Waals surface area (Å²) in [6, 6.07) is 14.0. The number of anilines is 1. The molecule has 2 aromatic rings. The van der Waals surface area contributed by atoms with Crippen LogP contribution in [0.2, 0.25) is 5.02 Å². The average Bonchev–Trinajstić information content (AvgIpc) is 2.96. The smallest absolute Gasteiger partial charge is 0.411 e. The zero-order chi connectivity index (χ0) is 21.4. The fraction of sp³-hybridized carbons (Fsp3) is 0.364. The van der Waals surface area contributed by atoms with Crippen molar-refractivity contribution < 1.29 is 19.1 Å². The molecule has 0 aromatic heterocycles. The minimum absolute atomic E-state index is 0.148. The lowest BCUT2D eigenvalue weighted by Crippen LogP contribution is -2.43. The van der Waals surface area contributed by atoms with Crippen LogP contribution >= 0.6 is 11.6 Å². The van der Waals surface area contributed by atoms with Crippen LogP contribution in [0.5, 0.6) is 0 Å². The summed E-state index contributed by atoms with van der Waals surface area (Å²) in [5.74, 6) is -0.274. The Bertz CT molecular complexity index is 868. The van der Waals surface area contributed by atoms with E-state index in [0.29, 0.717) is 36.0 Å². The molecule has 3 rings (SSSR count). The third kappa shape index (κ3) is 6.73. The van der Waals surface area contributed by atoms with Gasteiger partial charge >= 0.3 is 6.09 Å². The zero-order valence-electron chi connectivity index (χ0n) is 16.9. The van der Waals surface area contributed by atoms with Crippen LogP contribution in [0.3, 0.4) is 0 Å². The number of halogens is 1. The van der Waals surface area contributed by atoms with Crippen molar-refractivity contribution in [3.05, 3.63) is 64.7 Å². The number of hydrogen-bond acceptors (Lipinski definition) is 5. The van der Waals surface area contributed by atoms with Crippen molar-refractivity contribution >= 4 is 29.3 Å². The van der Waals surface area contributed by atoms with Gasteiger partial charge in [-0.1, -0.05) is 48.9 Å². The number of hydrogen-bond donors (Lipinski definition) is 3. The van der Waals surface area contributed by atoms with Gasteiger partial charge in [0, 0.05) is 41.3 Å². The van der Waals surface area contributed by atoms with Crippen LogP contribution in [0.1, 0.15) is 22.8 Å². The van der Waals surface area contributed by atoms with Crippen molar-refractivity contribution in [3.63, 3.8) is 0 Å². The summed E-state index contributed by atoms with van der Waals surface area (Å²) in [4.78, 5) is 24.7. The fourth-order valence-corrected chi connectivity index (χ4v) is 3.32. The van der Waals surface area contributed by atoms with Gasteiger partial charge in [-0.3, -0.25) is 10.1 Å². The maximum Gasteiger partial charge on any atom is 0.411 e. The van der Waals surface area contributed by atoms with E-state index in [0.717, 1.165) is 18.7 Å². The molecule has 160 valence electrons. The highest BCUT2D eigenvalue weighted by Crippen LogP contribution is 2.21. The topological polar surface area (TPSA) is 88.7 Å². The van der Waals surface area contributed by atoms with Gasteiger partial charge in [0.15, 0.2) is 0 Å². The van der Waals surface area contributed by atoms with Gasteiger partial charge in [-0.15, -0.1) is 0 Å². The molecule has 0 aliphatic carbocycles. The van der Waals surface area contributed by atoms with Crippen molar-refractivity contribution in [1.29, 1.82) is 0 Å². The second-order valence-electron chi connectivity index (χ2n) is 7.64. The molecule has 0 unspecified atom stereocenters. The molecule has 7 nitrogen and oxygen atoms in total. The van der Waals surface area contributed by atoms with Crippen LogP contribution in [0.15, 0.2) is 48.5 Å². The van der Waals surface area contributed by atoms with Crippen molar-refractivity contribution in [2.45, 2.75) is 13.5 Å². The van der Waals surface area contributed by atoms with Crippen LogP contribution in [-0.2, 0) is 16.1 Å². The summed E-state index contributed by atoms with van der Waals surface area (Å²) >= 11 is 6.15. The number of ether oxygens (including phenoxy) is 2. The standard InChI is InChI=1S/C22H26ClN3O4/c1-22(13-24-7-8-29-15-22)14-25-20(27)17-9-18(23)11-19(10-17)26-21(28)30-12-16-5-3-2-4-6-16/h2-6,9-11,24H,7-8,12-15H2,1H3,(H,25,27)(H,26,28)/t22-/m0/s1. The third-order valence-electron chi connectivity index (χ3n) is 4.72. The molecule has 2 amide bonds. The monoisotopic (exact) mass is 431 g/mol. The Labute approximate surface area is 181 Å². The summed E-state index contributed by atoms with van der Waals surface area (Å²) in [5, 5.41) is 9.19. The van der Waals surface area contributed by atoms with Gasteiger partial charge in [-0.2, -0.15) is 0 Å². The maximum atomic E-state index is 12.6. The largest absolute Gasteiger partial charge is 0.444 e. The predicted octanol–water partition coefficient (Wildman–Crippen LogP) is 3.44. The summed E-state index contributed by atoms with van der Waals surface area (Å²) in [7, 11) is 0. The minimum atomic E-state index is -0.623. The number of carbonyl (C=O) groups excluding carboxylic acids is 2. The lowest BCUT2D eigenvalue weighted by Gasteiger charge is -2.27. The molecule has 8 heteroatoms. The number of nitrogens with one attached hydrogen (secondary N) is 3. The molecule has 0 bridgehead atoms. The first kappa shape index (κ1) is 22.1. The summed E-state index contributed by atoms with van der Waals surface area (Å²) < 4.78 is 10.8. The predicted molar refractivity (Wildman–Crippen MR) is 116 cm³/mol. The summed E-state index contributed by atoms with van der Waals surface area (Å²) in [6.07, 6.45) is -0.623. The van der Waals surface area contributed by atoms with E-state index in [1.54, 1.807) is 18.2 Å². The quantitative estimate of drug-likeness (QED) is 0.652. The molecule has 2 aromatic carbocycles. The molecule has 1 aliphatic rings. The molecular formula is C22H26ClN3O4. The Morgan fingerprint density at radius 3 is 2.83 bits per heavy atom. The van der Waals surface area contributed by atoms with Gasteiger partial charge in [-0.25, -0.2) is 4.79 Å². The van der Waals surface area contributed by atoms with Crippen molar-refractivity contribution in [2.24, 2.45) is 5.41 Å². The Kier molecular flexibility index (Phi) is 7.68. The van der Waals surface area contributed by atoms with Gasteiger partial charge in [0.1, 0.15) is 6.61 Å². The van der Waals surface area contributed by atoms with Gasteiger partial charge in [-0.05, 0) is 23.8 Å². The van der Waals surface area contributed by atoms with Gasteiger partial charge < -0.3 is 20.1 Å². The minimum Gasteiger partial charge on any atom is -0.444 e. The van der Waals surface area contributed by atoms with Gasteiger partial charge in [0.05, 0.1) is 13.2 Å². The molecule has 1 heterocycles. The highest BCUT2D eigenvalue weighted by atomic mass is 35.5. The molecule has 3 N–H and O–H groups in total. The zero-order valence-corrected chi connectivity index (χ0v) is 17.6. The van der Waals surface area contributed by atoms with E-state index in [4.69, 9.17) is 21.1 Å². The Hall–Kier alpha value is -2.61. The van der Waals surface area contributed by atoms with Crippen molar-refractivity contribution in [1.82, 2.24) is 10.6 Å². The highest BCUT2D eigenvalue weighted by Gasteiger charge is 2.27. The fourth-order valence-electron chi connectivity index (χ4n) is 3.08. The molecule has 1 saturated heterocycles. The number of carbonyl (C=O) groups is 2. The van der Waals surface area contributed by atoms with E-state index < -0.39 is 6.09 Å². The first-order valence-electron chi connectivity index (χ1n) is 9.78. The van der Waals surface area contributed by atoms with E-state index >= 15 is 0 Å². The average molecular weight is 432 g/mol. The highest BCUT2D eigenvalue weighted by molar-refractivity contribution is 6.31. The lowest BCUT2D eigenvalue weighted by atomic mass is 9.91. The van der Waals surface area contributed by atoms with Crippen molar-refractivity contribution in [3.8, 4) is 0 Å². The number of rotatable bonds is 6. The molecular weight excluding hydrogens is 406 g/mol.